The molecule has 0 aromatic rings. The summed E-state index contributed by atoms with van der Waals surface area (Å²) in [6.45, 7) is 8.52. The van der Waals surface area contributed by atoms with Crippen LogP contribution >= 0.6 is 0 Å². The van der Waals surface area contributed by atoms with Gasteiger partial charge in [-0.05, 0) is 38.5 Å². The normalized spacial score (nSPS) is 16.9. The van der Waals surface area contributed by atoms with E-state index < -0.39 is 0 Å². The average molecular weight is 211 g/mol. The van der Waals surface area contributed by atoms with Crippen molar-refractivity contribution in [3.05, 3.63) is 0 Å². The minimum atomic E-state index is 0.688. The fourth-order valence-electron chi connectivity index (χ4n) is 1.43. The number of nitrogens with zero attached hydrogens (tertiary/aromatic N) is 1. The molecule has 0 aromatic carbocycles. The second-order valence-corrected chi connectivity index (χ2v) is 4.72. The van der Waals surface area contributed by atoms with Crippen LogP contribution in [-0.2, 0) is 0 Å². The minimum absolute atomic E-state index is 0.688. The van der Waals surface area contributed by atoms with E-state index in [0.29, 0.717) is 6.04 Å². The Hall–Kier alpha value is -0.730. The lowest BCUT2D eigenvalue weighted by Crippen LogP contribution is -2.38. The highest BCUT2D eigenvalue weighted by Crippen LogP contribution is 2.18. The molecule has 0 bridgehead atoms. The second kappa shape index (κ2) is 6.70. The second-order valence-electron chi connectivity index (χ2n) is 4.72. The quantitative estimate of drug-likeness (QED) is 0.401. The Labute approximate surface area is 93.7 Å². The van der Waals surface area contributed by atoms with E-state index in [1.807, 2.05) is 0 Å². The Bertz CT molecular complexity index is 195. The molecular weight excluding hydrogens is 186 g/mol. The maximum absolute atomic E-state index is 4.56. The Morgan fingerprint density at radius 3 is 2.67 bits per heavy atom. The number of hydrogen-bond donors (Lipinski definition) is 2. The predicted octanol–water partition coefficient (Wildman–Crippen LogP) is 2.14. The summed E-state index contributed by atoms with van der Waals surface area (Å²) < 4.78 is 0. The fourth-order valence-corrected chi connectivity index (χ4v) is 1.43. The number of aliphatic imine (C=N–C) groups is 1. The topological polar surface area (TPSA) is 36.4 Å². The van der Waals surface area contributed by atoms with Crippen molar-refractivity contribution in [3.63, 3.8) is 0 Å². The first-order valence-corrected chi connectivity index (χ1v) is 6.27. The van der Waals surface area contributed by atoms with E-state index in [1.54, 1.807) is 0 Å². The van der Waals surface area contributed by atoms with Gasteiger partial charge in [-0.3, -0.25) is 4.99 Å². The molecule has 3 nitrogen and oxygen atoms in total. The van der Waals surface area contributed by atoms with Crippen molar-refractivity contribution in [3.8, 4) is 0 Å². The average Bonchev–Trinajstić information content (AvgIpc) is 2.96. The van der Waals surface area contributed by atoms with E-state index in [-0.39, 0.29) is 0 Å². The molecule has 2 N–H and O–H groups in total. The first-order chi connectivity index (χ1) is 7.22. The number of guanidine groups is 1. The van der Waals surface area contributed by atoms with Crippen LogP contribution in [0, 0.1) is 5.92 Å². The molecule has 1 rings (SSSR count). The van der Waals surface area contributed by atoms with Crippen molar-refractivity contribution < 1.29 is 0 Å². The number of rotatable bonds is 6. The monoisotopic (exact) mass is 211 g/mol. The van der Waals surface area contributed by atoms with Crippen molar-refractivity contribution >= 4 is 5.96 Å². The maximum Gasteiger partial charge on any atom is 0.191 e. The third-order valence-electron chi connectivity index (χ3n) is 2.47. The van der Waals surface area contributed by atoms with Gasteiger partial charge < -0.3 is 10.6 Å². The predicted molar refractivity (Wildman–Crippen MR) is 66.2 cm³/mol. The summed E-state index contributed by atoms with van der Waals surface area (Å²) in [5.41, 5.74) is 0. The van der Waals surface area contributed by atoms with Crippen LogP contribution in [0.5, 0.6) is 0 Å². The molecule has 0 aromatic heterocycles. The molecule has 1 fully saturated rings. The van der Waals surface area contributed by atoms with Gasteiger partial charge in [-0.25, -0.2) is 0 Å². The summed E-state index contributed by atoms with van der Waals surface area (Å²) in [7, 11) is 0. The molecule has 1 aliphatic rings. The highest BCUT2D eigenvalue weighted by molar-refractivity contribution is 5.80. The standard InChI is InChI=1S/C12H25N3/c1-4-13-12(15-11-7-8-11)14-9-5-6-10(2)3/h10-11H,4-9H2,1-3H3,(H2,13,14,15). The van der Waals surface area contributed by atoms with Gasteiger partial charge in [0.15, 0.2) is 5.96 Å². The molecule has 0 aliphatic heterocycles. The first kappa shape index (κ1) is 12.3. The molecule has 1 saturated carbocycles. The summed E-state index contributed by atoms with van der Waals surface area (Å²) in [5, 5.41) is 6.70. The van der Waals surface area contributed by atoms with Gasteiger partial charge in [0.25, 0.3) is 0 Å². The first-order valence-electron chi connectivity index (χ1n) is 6.27. The number of nitrogens with one attached hydrogen (secondary N) is 2. The molecular formula is C12H25N3. The van der Waals surface area contributed by atoms with E-state index in [4.69, 9.17) is 0 Å². The SMILES string of the molecule is CCNC(=NCCCC(C)C)NC1CC1. The molecule has 0 amide bonds. The van der Waals surface area contributed by atoms with Gasteiger partial charge in [0.1, 0.15) is 0 Å². The van der Waals surface area contributed by atoms with E-state index in [1.165, 1.54) is 25.7 Å². The largest absolute Gasteiger partial charge is 0.357 e. The van der Waals surface area contributed by atoms with E-state index in [2.05, 4.69) is 36.4 Å². The smallest absolute Gasteiger partial charge is 0.191 e. The molecule has 0 unspecified atom stereocenters. The summed E-state index contributed by atoms with van der Waals surface area (Å²) in [6.07, 6.45) is 5.07. The van der Waals surface area contributed by atoms with Gasteiger partial charge in [-0.2, -0.15) is 0 Å². The fraction of sp³-hybridized carbons (Fsp3) is 0.917. The van der Waals surface area contributed by atoms with Crippen molar-refractivity contribution in [2.24, 2.45) is 10.9 Å². The molecule has 0 saturated heterocycles. The van der Waals surface area contributed by atoms with Crippen molar-refractivity contribution in [2.75, 3.05) is 13.1 Å². The zero-order valence-electron chi connectivity index (χ0n) is 10.3. The highest BCUT2D eigenvalue weighted by atomic mass is 15.2. The third-order valence-corrected chi connectivity index (χ3v) is 2.47. The Balaban J connectivity index is 2.17. The number of hydrogen-bond acceptors (Lipinski definition) is 1. The third kappa shape index (κ3) is 6.37. The van der Waals surface area contributed by atoms with Gasteiger partial charge in [0, 0.05) is 19.1 Å². The van der Waals surface area contributed by atoms with Crippen LogP contribution in [0.4, 0.5) is 0 Å². The van der Waals surface area contributed by atoms with Crippen LogP contribution in [0.3, 0.4) is 0 Å². The van der Waals surface area contributed by atoms with E-state index >= 15 is 0 Å². The van der Waals surface area contributed by atoms with Crippen LogP contribution in [0.2, 0.25) is 0 Å². The summed E-state index contributed by atoms with van der Waals surface area (Å²) in [4.78, 5) is 4.56. The van der Waals surface area contributed by atoms with Crippen LogP contribution in [0.25, 0.3) is 0 Å². The van der Waals surface area contributed by atoms with Crippen molar-refractivity contribution in [1.29, 1.82) is 0 Å². The van der Waals surface area contributed by atoms with Gasteiger partial charge in [0.2, 0.25) is 0 Å². The summed E-state index contributed by atoms with van der Waals surface area (Å²) >= 11 is 0. The van der Waals surface area contributed by atoms with Gasteiger partial charge >= 0.3 is 0 Å². The van der Waals surface area contributed by atoms with Crippen molar-refractivity contribution in [2.45, 2.75) is 52.5 Å². The van der Waals surface area contributed by atoms with Crippen LogP contribution in [-0.4, -0.2) is 25.1 Å². The van der Waals surface area contributed by atoms with E-state index in [0.717, 1.165) is 25.0 Å². The molecule has 3 heteroatoms. The zero-order valence-corrected chi connectivity index (χ0v) is 10.3. The Kier molecular flexibility index (Phi) is 5.51. The Morgan fingerprint density at radius 1 is 1.40 bits per heavy atom. The van der Waals surface area contributed by atoms with Crippen LogP contribution in [0.15, 0.2) is 4.99 Å². The van der Waals surface area contributed by atoms with E-state index in [9.17, 15) is 0 Å². The molecule has 0 radical (unpaired) electrons. The molecule has 0 atom stereocenters. The minimum Gasteiger partial charge on any atom is -0.357 e. The van der Waals surface area contributed by atoms with Gasteiger partial charge in [0.05, 0.1) is 0 Å². The lowest BCUT2D eigenvalue weighted by atomic mass is 10.1. The van der Waals surface area contributed by atoms with Crippen molar-refractivity contribution in [1.82, 2.24) is 10.6 Å². The van der Waals surface area contributed by atoms with Gasteiger partial charge in [-0.15, -0.1) is 0 Å². The lowest BCUT2D eigenvalue weighted by molar-refractivity contribution is 0.560. The Morgan fingerprint density at radius 2 is 2.13 bits per heavy atom. The zero-order chi connectivity index (χ0) is 11.1. The van der Waals surface area contributed by atoms with Gasteiger partial charge in [-0.1, -0.05) is 13.8 Å². The molecule has 1 aliphatic carbocycles. The maximum atomic E-state index is 4.56. The molecule has 0 heterocycles. The van der Waals surface area contributed by atoms with Crippen LogP contribution < -0.4 is 10.6 Å². The molecule has 0 spiro atoms. The summed E-state index contributed by atoms with van der Waals surface area (Å²) in [6, 6.07) is 0.688. The summed E-state index contributed by atoms with van der Waals surface area (Å²) in [5.74, 6) is 1.79. The molecule has 15 heavy (non-hydrogen) atoms. The highest BCUT2D eigenvalue weighted by Gasteiger charge is 2.21. The molecule has 88 valence electrons. The lowest BCUT2D eigenvalue weighted by Gasteiger charge is -2.10. The van der Waals surface area contributed by atoms with Crippen LogP contribution in [0.1, 0.15) is 46.5 Å².